The molecular formula is C56H90N12O10. The highest BCUT2D eigenvalue weighted by molar-refractivity contribution is 5.97. The lowest BCUT2D eigenvalue weighted by atomic mass is 9.87. The number of aromatic hydroxyl groups is 1. The van der Waals surface area contributed by atoms with Gasteiger partial charge in [0.15, 0.2) is 17.3 Å². The van der Waals surface area contributed by atoms with E-state index in [1.54, 1.807) is 36.5 Å². The summed E-state index contributed by atoms with van der Waals surface area (Å²) >= 11 is 0. The van der Waals surface area contributed by atoms with Gasteiger partial charge in [-0.15, -0.1) is 0 Å². The predicted octanol–water partition coefficient (Wildman–Crippen LogP) is 3.05. The van der Waals surface area contributed by atoms with Crippen LogP contribution in [0.5, 0.6) is 5.75 Å². The third-order valence-electron chi connectivity index (χ3n) is 14.2. The number of benzene rings is 1. The summed E-state index contributed by atoms with van der Waals surface area (Å²) in [7, 11) is 0. The minimum absolute atomic E-state index is 0.00129. The number of nitrogens with one attached hydrogen (secondary N) is 6. The van der Waals surface area contributed by atoms with Gasteiger partial charge < -0.3 is 59.2 Å². The highest BCUT2D eigenvalue weighted by atomic mass is 16.3. The summed E-state index contributed by atoms with van der Waals surface area (Å²) in [5.41, 5.74) is 24.3. The molecule has 1 unspecified atom stereocenters. The summed E-state index contributed by atoms with van der Waals surface area (Å²) in [4.78, 5) is 133. The molecule has 0 bridgehead atoms. The number of aromatic nitrogens is 2. The lowest BCUT2D eigenvalue weighted by Gasteiger charge is -2.30. The van der Waals surface area contributed by atoms with Crippen LogP contribution in [0.3, 0.4) is 0 Å². The second-order valence-corrected chi connectivity index (χ2v) is 21.4. The second-order valence-electron chi connectivity index (χ2n) is 21.4. The number of Topliss-reactive ketones (excluding diaryl/α,β-unsaturated/α-hetero) is 3. The molecule has 1 aliphatic rings. The Bertz CT molecular complexity index is 2260. The maximum absolute atomic E-state index is 14.6. The van der Waals surface area contributed by atoms with Crippen molar-refractivity contribution >= 4 is 58.6 Å². The molecule has 6 amide bonds. The van der Waals surface area contributed by atoms with E-state index in [2.05, 4.69) is 31.2 Å². The zero-order valence-electron chi connectivity index (χ0n) is 46.5. The standard InChI is InChI=1S/C56H90N12O10/c1-5-52(74)65-45(29-37-18-21-42(69)22-19-37)48(71)31-39(20-23-51(61)73)54(76)66-43(15-9-11-25-58)47(70)30-38(13-8-10-24-57)53(75)67-44(27-35(2)3)49(72)32-40(14-6-7-17-50(59)60)56(78)68-26-12-16-46(68)55(77)64-36(4)28-41-33-62-34-63-41/h18-19,21-22,33-36,38-40,43-46,69H,5-17,20,23-32,57-58H2,1-4H3,(H3,59,60)(H2,61,73)(H,62,63)(H,64,77)(H,65,74)(H,66,76)(H,67,75)/t36?,38-,39-,40-,43+,44+,45+,46+/m1/s1. The van der Waals surface area contributed by atoms with Gasteiger partial charge >= 0.3 is 0 Å². The number of rotatable bonds is 40. The van der Waals surface area contributed by atoms with E-state index in [1.807, 2.05) is 20.8 Å². The Balaban J connectivity index is 1.88. The largest absolute Gasteiger partial charge is 0.508 e. The number of primary amides is 1. The predicted molar refractivity (Wildman–Crippen MR) is 296 cm³/mol. The number of unbranched alkanes of at least 4 members (excludes halogenated alkanes) is 3. The SMILES string of the molecule is CCC(=O)N[C@@H](Cc1ccc(O)cc1)C(=O)C[C@@H](CCC(N)=O)C(=O)N[C@@H](CCCCN)C(=O)C[C@@H](CCCCN)C(=O)N[C@@H](CC(C)C)C(=O)C[C@@H](CCCCC(=N)N)C(=O)N1CCC[C@H]1C(=O)NC(C)Cc1cnc[nH]1. The van der Waals surface area contributed by atoms with Gasteiger partial charge in [0.05, 0.1) is 30.3 Å². The maximum atomic E-state index is 14.6. The highest BCUT2D eigenvalue weighted by Crippen LogP contribution is 2.27. The molecule has 1 fully saturated rings. The number of carbonyl (C=O) groups is 9. The van der Waals surface area contributed by atoms with E-state index in [1.165, 1.54) is 12.1 Å². The number of amidine groups is 1. The van der Waals surface area contributed by atoms with Crippen molar-refractivity contribution in [2.45, 2.75) is 193 Å². The van der Waals surface area contributed by atoms with Gasteiger partial charge in [0.2, 0.25) is 35.4 Å². The summed E-state index contributed by atoms with van der Waals surface area (Å²) in [6.45, 7) is 8.25. The Morgan fingerprint density at radius 1 is 0.718 bits per heavy atom. The average Bonchev–Trinajstić information content (AvgIpc) is 4.11. The third kappa shape index (κ3) is 24.0. The Hall–Kier alpha value is -6.55. The van der Waals surface area contributed by atoms with Crippen molar-refractivity contribution < 1.29 is 48.3 Å². The molecule has 1 aliphatic heterocycles. The van der Waals surface area contributed by atoms with Gasteiger partial charge in [-0.3, -0.25) is 48.6 Å². The topological polar surface area (TPSA) is 382 Å². The van der Waals surface area contributed by atoms with Crippen LogP contribution < -0.4 is 44.2 Å². The fourth-order valence-electron chi connectivity index (χ4n) is 9.87. The van der Waals surface area contributed by atoms with E-state index in [9.17, 15) is 48.3 Å². The number of likely N-dealkylation sites (tertiary alicyclic amines) is 1. The Labute approximate surface area is 459 Å². The number of carbonyl (C=O) groups excluding carboxylic acids is 9. The first-order valence-corrected chi connectivity index (χ1v) is 28.0. The number of nitrogens with zero attached hydrogens (tertiary/aromatic N) is 2. The lowest BCUT2D eigenvalue weighted by Crippen LogP contribution is -2.51. The Morgan fingerprint density at radius 2 is 1.29 bits per heavy atom. The first kappa shape index (κ1) is 65.7. The van der Waals surface area contributed by atoms with Crippen molar-refractivity contribution in [2.75, 3.05) is 19.6 Å². The van der Waals surface area contributed by atoms with Gasteiger partial charge in [-0.25, -0.2) is 4.98 Å². The van der Waals surface area contributed by atoms with Crippen LogP contribution in [-0.2, 0) is 56.0 Å². The minimum Gasteiger partial charge on any atom is -0.508 e. The molecule has 78 heavy (non-hydrogen) atoms. The second kappa shape index (κ2) is 35.1. The number of imidazole rings is 1. The summed E-state index contributed by atoms with van der Waals surface area (Å²) in [6.07, 6.45) is 7.69. The van der Waals surface area contributed by atoms with Crippen LogP contribution in [0.25, 0.3) is 0 Å². The number of hydrogen-bond acceptors (Lipinski definition) is 14. The van der Waals surface area contributed by atoms with Crippen molar-refractivity contribution in [3.8, 4) is 5.75 Å². The van der Waals surface area contributed by atoms with Crippen molar-refractivity contribution in [1.29, 1.82) is 5.41 Å². The van der Waals surface area contributed by atoms with Gasteiger partial charge in [-0.05, 0) is 121 Å². The van der Waals surface area contributed by atoms with Gasteiger partial charge in [0.1, 0.15) is 11.8 Å². The first-order chi connectivity index (χ1) is 37.1. The molecular weight excluding hydrogens is 1000 g/mol. The molecule has 0 spiro atoms. The van der Waals surface area contributed by atoms with Crippen LogP contribution in [0.1, 0.15) is 161 Å². The molecule has 3 rings (SSSR count). The van der Waals surface area contributed by atoms with E-state index < -0.39 is 83.5 Å². The number of phenolic OH excluding ortho intramolecular Hbond substituents is 1. The number of hydrogen-bond donors (Lipinski definition) is 11. The van der Waals surface area contributed by atoms with E-state index in [-0.39, 0.29) is 105 Å². The van der Waals surface area contributed by atoms with Crippen LogP contribution in [0.15, 0.2) is 36.8 Å². The van der Waals surface area contributed by atoms with Crippen molar-refractivity contribution in [3.63, 3.8) is 0 Å². The lowest BCUT2D eigenvalue weighted by molar-refractivity contribution is -0.143. The molecule has 15 N–H and O–H groups in total. The fraction of sp³-hybridized carbons (Fsp3) is 0.661. The Morgan fingerprint density at radius 3 is 1.88 bits per heavy atom. The summed E-state index contributed by atoms with van der Waals surface area (Å²) in [6, 6.07) is 1.89. The summed E-state index contributed by atoms with van der Waals surface area (Å²) < 4.78 is 0. The maximum Gasteiger partial charge on any atom is 0.243 e. The van der Waals surface area contributed by atoms with E-state index in [0.717, 1.165) is 5.69 Å². The van der Waals surface area contributed by atoms with E-state index in [0.29, 0.717) is 89.4 Å². The molecule has 434 valence electrons. The van der Waals surface area contributed by atoms with Gasteiger partial charge in [0.25, 0.3) is 0 Å². The van der Waals surface area contributed by atoms with E-state index in [4.69, 9.17) is 28.3 Å². The molecule has 1 aromatic heterocycles. The summed E-state index contributed by atoms with van der Waals surface area (Å²) in [5, 5.41) is 29.0. The monoisotopic (exact) mass is 1090 g/mol. The Kier molecular flexibility index (Phi) is 29.5. The van der Waals surface area contributed by atoms with Gasteiger partial charge in [-0.1, -0.05) is 45.7 Å². The highest BCUT2D eigenvalue weighted by Gasteiger charge is 2.40. The molecule has 1 saturated heterocycles. The molecule has 22 heteroatoms. The van der Waals surface area contributed by atoms with Crippen LogP contribution >= 0.6 is 0 Å². The average molecular weight is 1090 g/mol. The van der Waals surface area contributed by atoms with Crippen molar-refractivity contribution in [2.24, 2.45) is 46.6 Å². The first-order valence-electron chi connectivity index (χ1n) is 28.0. The van der Waals surface area contributed by atoms with Gasteiger partial charge in [-0.2, -0.15) is 0 Å². The normalized spacial score (nSPS) is 16.0. The zero-order chi connectivity index (χ0) is 57.7. The molecule has 22 nitrogen and oxygen atoms in total. The molecule has 0 radical (unpaired) electrons. The smallest absolute Gasteiger partial charge is 0.243 e. The molecule has 0 saturated carbocycles. The van der Waals surface area contributed by atoms with Crippen molar-refractivity contribution in [1.82, 2.24) is 36.1 Å². The minimum atomic E-state index is -1.14. The number of phenols is 1. The molecule has 8 atom stereocenters. The molecule has 1 aromatic carbocycles. The summed E-state index contributed by atoms with van der Waals surface area (Å²) in [5.74, 6) is -7.37. The number of ketones is 3. The number of H-pyrrole nitrogens is 1. The quantitative estimate of drug-likeness (QED) is 0.0260. The zero-order valence-corrected chi connectivity index (χ0v) is 46.5. The van der Waals surface area contributed by atoms with Crippen LogP contribution in [0.2, 0.25) is 0 Å². The van der Waals surface area contributed by atoms with Gasteiger partial charge in [0, 0.05) is 87.2 Å². The molecule has 0 aliphatic carbocycles. The van der Waals surface area contributed by atoms with E-state index >= 15 is 0 Å². The fourth-order valence-corrected chi connectivity index (χ4v) is 9.87. The number of nitrogens with two attached hydrogens (primary N) is 4. The van der Waals surface area contributed by atoms with Crippen molar-refractivity contribution in [3.05, 3.63) is 48.0 Å². The molecule has 2 heterocycles. The van der Waals surface area contributed by atoms with Crippen LogP contribution in [0.4, 0.5) is 0 Å². The number of amides is 6. The molecule has 2 aromatic rings. The third-order valence-corrected chi connectivity index (χ3v) is 14.2. The number of aromatic amines is 1. The van der Waals surface area contributed by atoms with Crippen LogP contribution in [0, 0.1) is 29.1 Å². The van der Waals surface area contributed by atoms with Crippen LogP contribution in [-0.4, -0.2) is 128 Å².